The lowest BCUT2D eigenvalue weighted by atomic mass is 9.99. The van der Waals surface area contributed by atoms with Gasteiger partial charge in [0, 0.05) is 26.2 Å². The van der Waals surface area contributed by atoms with Gasteiger partial charge in [-0.05, 0) is 45.7 Å². The summed E-state index contributed by atoms with van der Waals surface area (Å²) < 4.78 is 25.3. The average molecular weight is 317 g/mol. The third kappa shape index (κ3) is 4.66. The predicted octanol–water partition coefficient (Wildman–Crippen LogP) is 0.260. The number of nitrogens with zero attached hydrogens (tertiary/aromatic N) is 2. The van der Waals surface area contributed by atoms with Gasteiger partial charge < -0.3 is 10.2 Å². The molecule has 0 spiro atoms. The summed E-state index contributed by atoms with van der Waals surface area (Å²) in [5, 5.41) is 2.97. The van der Waals surface area contributed by atoms with Gasteiger partial charge in [-0.15, -0.1) is 0 Å². The van der Waals surface area contributed by atoms with E-state index in [1.807, 2.05) is 0 Å². The van der Waals surface area contributed by atoms with Gasteiger partial charge in [-0.1, -0.05) is 0 Å². The number of rotatable bonds is 6. The van der Waals surface area contributed by atoms with Crippen LogP contribution in [0, 0.1) is 5.92 Å². The second kappa shape index (κ2) is 7.56. The standard InChI is InChI=1S/C14H27N3O3S/c1-2-21(19,20)17-10-5-6-13(12-17)14(18)15-7-11-16-8-3-4-9-16/h13H,2-12H2,1H3,(H,15,18)/t13-/m1/s1. The molecule has 6 nitrogen and oxygen atoms in total. The third-order valence-corrected chi connectivity index (χ3v) is 6.29. The number of carbonyl (C=O) groups is 1. The minimum Gasteiger partial charge on any atom is -0.355 e. The fourth-order valence-electron chi connectivity index (χ4n) is 3.08. The fourth-order valence-corrected chi connectivity index (χ4v) is 4.26. The highest BCUT2D eigenvalue weighted by atomic mass is 32.2. The van der Waals surface area contributed by atoms with E-state index in [-0.39, 0.29) is 17.6 Å². The molecule has 0 bridgehead atoms. The molecule has 0 unspecified atom stereocenters. The second-order valence-electron chi connectivity index (χ2n) is 5.94. The van der Waals surface area contributed by atoms with Gasteiger partial charge in [-0.3, -0.25) is 4.79 Å². The van der Waals surface area contributed by atoms with E-state index in [0.717, 1.165) is 32.5 Å². The molecule has 2 fully saturated rings. The van der Waals surface area contributed by atoms with E-state index in [1.54, 1.807) is 6.92 Å². The smallest absolute Gasteiger partial charge is 0.224 e. The van der Waals surface area contributed by atoms with E-state index in [2.05, 4.69) is 10.2 Å². The van der Waals surface area contributed by atoms with Crippen LogP contribution in [0.3, 0.4) is 0 Å². The van der Waals surface area contributed by atoms with E-state index in [9.17, 15) is 13.2 Å². The van der Waals surface area contributed by atoms with Crippen LogP contribution in [0.2, 0.25) is 0 Å². The molecule has 0 saturated carbocycles. The van der Waals surface area contributed by atoms with Crippen molar-refractivity contribution in [1.29, 1.82) is 0 Å². The van der Waals surface area contributed by atoms with E-state index in [0.29, 0.717) is 19.6 Å². The molecule has 0 aliphatic carbocycles. The van der Waals surface area contributed by atoms with E-state index in [1.165, 1.54) is 17.1 Å². The topological polar surface area (TPSA) is 69.7 Å². The summed E-state index contributed by atoms with van der Waals surface area (Å²) in [7, 11) is -3.18. The number of nitrogens with one attached hydrogen (secondary N) is 1. The summed E-state index contributed by atoms with van der Waals surface area (Å²) in [6, 6.07) is 0. The first-order valence-electron chi connectivity index (χ1n) is 8.01. The Balaban J connectivity index is 1.76. The van der Waals surface area contributed by atoms with Gasteiger partial charge in [0.1, 0.15) is 0 Å². The number of hydrogen-bond acceptors (Lipinski definition) is 4. The molecular weight excluding hydrogens is 290 g/mol. The van der Waals surface area contributed by atoms with Crippen molar-refractivity contribution < 1.29 is 13.2 Å². The molecule has 0 radical (unpaired) electrons. The summed E-state index contributed by atoms with van der Waals surface area (Å²) in [6.45, 7) is 6.35. The SMILES string of the molecule is CCS(=O)(=O)N1CCC[C@@H](C(=O)NCCN2CCCC2)C1. The Morgan fingerprint density at radius 2 is 1.90 bits per heavy atom. The van der Waals surface area contributed by atoms with Crippen LogP contribution in [0.1, 0.15) is 32.6 Å². The largest absolute Gasteiger partial charge is 0.355 e. The maximum atomic E-state index is 12.2. The van der Waals surface area contributed by atoms with Crippen molar-refractivity contribution in [2.24, 2.45) is 5.92 Å². The number of carbonyl (C=O) groups excluding carboxylic acids is 1. The number of piperidine rings is 1. The first kappa shape index (κ1) is 16.7. The van der Waals surface area contributed by atoms with E-state index >= 15 is 0 Å². The van der Waals surface area contributed by atoms with Crippen LogP contribution in [-0.2, 0) is 14.8 Å². The normalized spacial score (nSPS) is 25.1. The molecular formula is C14H27N3O3S. The van der Waals surface area contributed by atoms with Crippen LogP contribution in [0.25, 0.3) is 0 Å². The Hall–Kier alpha value is -0.660. The van der Waals surface area contributed by atoms with Crippen LogP contribution in [-0.4, -0.2) is 68.6 Å². The maximum Gasteiger partial charge on any atom is 0.224 e. The van der Waals surface area contributed by atoms with Gasteiger partial charge in [0.15, 0.2) is 0 Å². The molecule has 1 amide bonds. The molecule has 7 heteroatoms. The summed E-state index contributed by atoms with van der Waals surface area (Å²) >= 11 is 0. The Morgan fingerprint density at radius 3 is 2.57 bits per heavy atom. The van der Waals surface area contributed by atoms with E-state index in [4.69, 9.17) is 0 Å². The number of sulfonamides is 1. The zero-order valence-electron chi connectivity index (χ0n) is 12.9. The lowest BCUT2D eigenvalue weighted by molar-refractivity contribution is -0.126. The number of hydrogen-bond donors (Lipinski definition) is 1. The monoisotopic (exact) mass is 317 g/mol. The summed E-state index contributed by atoms with van der Waals surface area (Å²) in [4.78, 5) is 14.5. The van der Waals surface area contributed by atoms with Crippen molar-refractivity contribution in [2.45, 2.75) is 32.6 Å². The highest BCUT2D eigenvalue weighted by Gasteiger charge is 2.31. The Bertz CT molecular complexity index is 446. The average Bonchev–Trinajstić information content (AvgIpc) is 3.00. The zero-order chi connectivity index (χ0) is 15.3. The molecule has 2 saturated heterocycles. The summed E-state index contributed by atoms with van der Waals surface area (Å²) in [5.74, 6) is -0.0834. The molecule has 1 atom stereocenters. The van der Waals surface area contributed by atoms with Crippen molar-refractivity contribution in [3.63, 3.8) is 0 Å². The molecule has 2 rings (SSSR count). The van der Waals surface area contributed by atoms with Crippen molar-refractivity contribution in [3.8, 4) is 0 Å². The van der Waals surface area contributed by atoms with Crippen molar-refractivity contribution in [2.75, 3.05) is 45.0 Å². The quantitative estimate of drug-likeness (QED) is 0.763. The van der Waals surface area contributed by atoms with Crippen LogP contribution in [0.4, 0.5) is 0 Å². The van der Waals surface area contributed by atoms with Crippen molar-refractivity contribution >= 4 is 15.9 Å². The molecule has 0 aromatic carbocycles. The summed E-state index contributed by atoms with van der Waals surface area (Å²) in [5.41, 5.74) is 0. The lowest BCUT2D eigenvalue weighted by Gasteiger charge is -2.31. The summed E-state index contributed by atoms with van der Waals surface area (Å²) in [6.07, 6.45) is 4.05. The lowest BCUT2D eigenvalue weighted by Crippen LogP contribution is -2.46. The molecule has 2 heterocycles. The zero-order valence-corrected chi connectivity index (χ0v) is 13.7. The maximum absolute atomic E-state index is 12.2. The number of amides is 1. The van der Waals surface area contributed by atoms with Crippen LogP contribution in [0.15, 0.2) is 0 Å². The highest BCUT2D eigenvalue weighted by Crippen LogP contribution is 2.19. The van der Waals surface area contributed by atoms with Gasteiger partial charge in [0.25, 0.3) is 0 Å². The predicted molar refractivity (Wildman–Crippen MR) is 82.4 cm³/mol. The van der Waals surface area contributed by atoms with Crippen molar-refractivity contribution in [3.05, 3.63) is 0 Å². The highest BCUT2D eigenvalue weighted by molar-refractivity contribution is 7.89. The van der Waals surface area contributed by atoms with Crippen LogP contribution < -0.4 is 5.32 Å². The Morgan fingerprint density at radius 1 is 1.19 bits per heavy atom. The first-order valence-corrected chi connectivity index (χ1v) is 9.61. The van der Waals surface area contributed by atoms with Gasteiger partial charge >= 0.3 is 0 Å². The van der Waals surface area contributed by atoms with Gasteiger partial charge in [-0.2, -0.15) is 0 Å². The molecule has 2 aliphatic heterocycles. The molecule has 0 aromatic rings. The Labute approximate surface area is 127 Å². The second-order valence-corrected chi connectivity index (χ2v) is 8.20. The molecule has 0 aromatic heterocycles. The first-order chi connectivity index (χ1) is 10.0. The van der Waals surface area contributed by atoms with E-state index < -0.39 is 10.0 Å². The van der Waals surface area contributed by atoms with Crippen LogP contribution >= 0.6 is 0 Å². The van der Waals surface area contributed by atoms with Crippen molar-refractivity contribution in [1.82, 2.24) is 14.5 Å². The van der Waals surface area contributed by atoms with Gasteiger partial charge in [-0.25, -0.2) is 12.7 Å². The van der Waals surface area contributed by atoms with Gasteiger partial charge in [0.05, 0.1) is 11.7 Å². The molecule has 1 N–H and O–H groups in total. The minimum atomic E-state index is -3.18. The van der Waals surface area contributed by atoms with Crippen LogP contribution in [0.5, 0.6) is 0 Å². The number of likely N-dealkylation sites (tertiary alicyclic amines) is 1. The molecule has 21 heavy (non-hydrogen) atoms. The molecule has 2 aliphatic rings. The molecule has 122 valence electrons. The Kier molecular flexibility index (Phi) is 6.01. The van der Waals surface area contributed by atoms with Gasteiger partial charge in [0.2, 0.25) is 15.9 Å². The third-order valence-electron chi connectivity index (χ3n) is 4.44. The fraction of sp³-hybridized carbons (Fsp3) is 0.929. The minimum absolute atomic E-state index is 0.00481.